The lowest BCUT2D eigenvalue weighted by Gasteiger charge is -2.14. The average Bonchev–Trinajstić information content (AvgIpc) is 2.99. The fraction of sp³-hybridized carbons (Fsp3) is 0.167. The highest BCUT2D eigenvalue weighted by molar-refractivity contribution is 7.92. The highest BCUT2D eigenvalue weighted by Crippen LogP contribution is 2.26. The largest absolute Gasteiger partial charge is 0.345 e. The van der Waals surface area contributed by atoms with Crippen molar-refractivity contribution < 1.29 is 8.42 Å². The van der Waals surface area contributed by atoms with E-state index in [1.165, 1.54) is 0 Å². The third kappa shape index (κ3) is 3.19. The van der Waals surface area contributed by atoms with Crippen molar-refractivity contribution in [2.75, 3.05) is 4.72 Å². The summed E-state index contributed by atoms with van der Waals surface area (Å²) >= 11 is 0. The Morgan fingerprint density at radius 1 is 1.04 bits per heavy atom. The molecule has 0 unspecified atom stereocenters. The van der Waals surface area contributed by atoms with Gasteiger partial charge in [-0.25, -0.2) is 13.4 Å². The first-order chi connectivity index (χ1) is 11.4. The van der Waals surface area contributed by atoms with Crippen LogP contribution in [0.1, 0.15) is 16.7 Å². The minimum Gasteiger partial charge on any atom is -0.345 e. The molecule has 0 saturated carbocycles. The van der Waals surface area contributed by atoms with Crippen molar-refractivity contribution >= 4 is 15.7 Å². The molecule has 0 aliphatic heterocycles. The van der Waals surface area contributed by atoms with Gasteiger partial charge in [-0.3, -0.25) is 4.72 Å². The molecule has 24 heavy (non-hydrogen) atoms. The Morgan fingerprint density at radius 2 is 1.75 bits per heavy atom. The molecule has 2 N–H and O–H groups in total. The Labute approximate surface area is 141 Å². The summed E-state index contributed by atoms with van der Waals surface area (Å²) in [6.07, 6.45) is 3.28. The van der Waals surface area contributed by atoms with Crippen LogP contribution >= 0.6 is 0 Å². The number of imidazole rings is 1. The molecule has 0 atom stereocenters. The molecular weight excluding hydrogens is 322 g/mol. The first kappa shape index (κ1) is 16.3. The molecule has 124 valence electrons. The second-order valence-electron chi connectivity index (χ2n) is 5.88. The smallest absolute Gasteiger partial charge is 0.262 e. The Balaban J connectivity index is 1.98. The number of aryl methyl sites for hydroxylation is 3. The van der Waals surface area contributed by atoms with E-state index in [0.717, 1.165) is 27.9 Å². The van der Waals surface area contributed by atoms with Gasteiger partial charge in [0.15, 0.2) is 0 Å². The molecule has 2 aromatic carbocycles. The number of aromatic nitrogens is 2. The highest BCUT2D eigenvalue weighted by atomic mass is 32.2. The van der Waals surface area contributed by atoms with Gasteiger partial charge in [0.25, 0.3) is 10.0 Å². The molecule has 6 heteroatoms. The Bertz CT molecular complexity index is 954. The molecule has 0 saturated heterocycles. The van der Waals surface area contributed by atoms with E-state index in [4.69, 9.17) is 0 Å². The van der Waals surface area contributed by atoms with Crippen molar-refractivity contribution in [3.8, 4) is 11.3 Å². The number of hydrogen-bond donors (Lipinski definition) is 2. The van der Waals surface area contributed by atoms with Crippen molar-refractivity contribution in [3.05, 3.63) is 65.6 Å². The predicted octanol–water partition coefficient (Wildman–Crippen LogP) is 3.80. The van der Waals surface area contributed by atoms with Crippen molar-refractivity contribution in [1.29, 1.82) is 0 Å². The van der Waals surface area contributed by atoms with Crippen molar-refractivity contribution in [1.82, 2.24) is 9.97 Å². The Morgan fingerprint density at radius 3 is 2.38 bits per heavy atom. The molecule has 3 aromatic rings. The van der Waals surface area contributed by atoms with Crippen LogP contribution in [0.25, 0.3) is 11.3 Å². The first-order valence-electron chi connectivity index (χ1n) is 7.56. The van der Waals surface area contributed by atoms with E-state index in [2.05, 4.69) is 14.7 Å². The lowest BCUT2D eigenvalue weighted by atomic mass is 10.1. The first-order valence-corrected chi connectivity index (χ1v) is 9.04. The number of H-pyrrole nitrogens is 1. The summed E-state index contributed by atoms with van der Waals surface area (Å²) in [6, 6.07) is 11.0. The number of aromatic amines is 1. The number of hydrogen-bond acceptors (Lipinski definition) is 3. The molecule has 1 aromatic heterocycles. The predicted molar refractivity (Wildman–Crippen MR) is 95.5 cm³/mol. The monoisotopic (exact) mass is 341 g/mol. The number of nitrogens with zero attached hydrogens (tertiary/aromatic N) is 1. The molecule has 0 amide bonds. The number of anilines is 1. The van der Waals surface area contributed by atoms with E-state index in [1.807, 2.05) is 45.0 Å². The Kier molecular flexibility index (Phi) is 4.15. The van der Waals surface area contributed by atoms with E-state index in [-0.39, 0.29) is 0 Å². The number of benzene rings is 2. The zero-order valence-corrected chi connectivity index (χ0v) is 14.6. The third-order valence-corrected chi connectivity index (χ3v) is 5.48. The molecule has 0 fully saturated rings. The van der Waals surface area contributed by atoms with Crippen LogP contribution in [-0.2, 0) is 10.0 Å². The molecule has 1 heterocycles. The average molecular weight is 341 g/mol. The van der Waals surface area contributed by atoms with Gasteiger partial charge in [-0.2, -0.15) is 0 Å². The van der Waals surface area contributed by atoms with E-state index in [1.54, 1.807) is 24.7 Å². The van der Waals surface area contributed by atoms with E-state index in [9.17, 15) is 8.42 Å². The van der Waals surface area contributed by atoms with Crippen molar-refractivity contribution in [2.24, 2.45) is 0 Å². The minimum absolute atomic E-state index is 0.333. The van der Waals surface area contributed by atoms with Crippen molar-refractivity contribution in [3.63, 3.8) is 0 Å². The second-order valence-corrected chi connectivity index (χ2v) is 7.50. The van der Waals surface area contributed by atoms with Crippen LogP contribution in [0.2, 0.25) is 0 Å². The van der Waals surface area contributed by atoms with Crippen LogP contribution in [0.3, 0.4) is 0 Å². The minimum atomic E-state index is -3.65. The third-order valence-electron chi connectivity index (χ3n) is 3.80. The van der Waals surface area contributed by atoms with E-state index >= 15 is 0 Å². The van der Waals surface area contributed by atoms with Gasteiger partial charge >= 0.3 is 0 Å². The van der Waals surface area contributed by atoms with Gasteiger partial charge in [-0.05, 0) is 44.0 Å². The fourth-order valence-electron chi connectivity index (χ4n) is 2.96. The molecule has 0 bridgehead atoms. The van der Waals surface area contributed by atoms with Crippen LogP contribution in [0.5, 0.6) is 0 Å². The molecule has 3 rings (SSSR count). The normalized spacial score (nSPS) is 11.5. The van der Waals surface area contributed by atoms with Gasteiger partial charge in [0.2, 0.25) is 0 Å². The maximum absolute atomic E-state index is 12.8. The van der Waals surface area contributed by atoms with Gasteiger partial charge in [0, 0.05) is 11.3 Å². The molecule has 0 aliphatic carbocycles. The summed E-state index contributed by atoms with van der Waals surface area (Å²) in [5.74, 6) is 0. The van der Waals surface area contributed by atoms with Crippen LogP contribution in [-0.4, -0.2) is 18.4 Å². The van der Waals surface area contributed by atoms with Gasteiger partial charge in [0.1, 0.15) is 0 Å². The Hall–Kier alpha value is -2.60. The number of nitrogens with one attached hydrogen (secondary N) is 2. The summed E-state index contributed by atoms with van der Waals surface area (Å²) in [5, 5.41) is 0. The molecule has 0 aliphatic rings. The maximum atomic E-state index is 12.8. The standard InChI is InChI=1S/C18H19N3O2S/c1-12-7-13(2)18(14(3)8-12)24(22,23)21-16-6-4-5-15(9-16)17-10-19-11-20-17/h4-11,21H,1-3H3,(H,19,20). The van der Waals surface area contributed by atoms with Gasteiger partial charge < -0.3 is 4.98 Å². The lowest BCUT2D eigenvalue weighted by Crippen LogP contribution is -2.16. The number of rotatable bonds is 4. The molecular formula is C18H19N3O2S. The van der Waals surface area contributed by atoms with Crippen LogP contribution < -0.4 is 4.72 Å². The van der Waals surface area contributed by atoms with Gasteiger partial charge in [-0.15, -0.1) is 0 Å². The fourth-order valence-corrected chi connectivity index (χ4v) is 4.47. The quantitative estimate of drug-likeness (QED) is 0.758. The second kappa shape index (κ2) is 6.13. The lowest BCUT2D eigenvalue weighted by molar-refractivity contribution is 0.600. The zero-order valence-electron chi connectivity index (χ0n) is 13.8. The summed E-state index contributed by atoms with van der Waals surface area (Å²) < 4.78 is 28.3. The zero-order chi connectivity index (χ0) is 17.3. The van der Waals surface area contributed by atoms with Crippen molar-refractivity contribution in [2.45, 2.75) is 25.7 Å². The topological polar surface area (TPSA) is 74.8 Å². The van der Waals surface area contributed by atoms with E-state index in [0.29, 0.717) is 10.6 Å². The van der Waals surface area contributed by atoms with Gasteiger partial charge in [-0.1, -0.05) is 29.8 Å². The number of sulfonamides is 1. The summed E-state index contributed by atoms with van der Waals surface area (Å²) in [4.78, 5) is 7.33. The molecule has 0 spiro atoms. The van der Waals surface area contributed by atoms with Crippen LogP contribution in [0.15, 0.2) is 53.8 Å². The highest BCUT2D eigenvalue weighted by Gasteiger charge is 2.20. The van der Waals surface area contributed by atoms with E-state index < -0.39 is 10.0 Å². The summed E-state index contributed by atoms with van der Waals surface area (Å²) in [7, 11) is -3.65. The summed E-state index contributed by atoms with van der Waals surface area (Å²) in [5.41, 5.74) is 4.74. The SMILES string of the molecule is Cc1cc(C)c(S(=O)(=O)Nc2cccc(-c3cnc[nH]3)c2)c(C)c1. The molecule has 5 nitrogen and oxygen atoms in total. The maximum Gasteiger partial charge on any atom is 0.262 e. The van der Waals surface area contributed by atoms with Gasteiger partial charge in [0.05, 0.1) is 23.1 Å². The van der Waals surface area contributed by atoms with Crippen LogP contribution in [0.4, 0.5) is 5.69 Å². The molecule has 0 radical (unpaired) electrons. The summed E-state index contributed by atoms with van der Waals surface area (Å²) in [6.45, 7) is 5.59. The van der Waals surface area contributed by atoms with Crippen LogP contribution in [0, 0.1) is 20.8 Å².